The first-order valence-electron chi connectivity index (χ1n) is 14.4. The molecule has 1 saturated carbocycles. The van der Waals surface area contributed by atoms with E-state index in [0.717, 1.165) is 54.8 Å². The SMILES string of the molecule is COc1cccc(N(C(=O)CSCC(=O)Nc2ccc(F)cc2)C(C(=O)NC2CCCCC2)c2c[nH]c3ccccc23)c1. The Morgan fingerprint density at radius 1 is 1.00 bits per heavy atom. The van der Waals surface area contributed by atoms with Crippen LogP contribution in [0.15, 0.2) is 79.0 Å². The molecule has 1 aliphatic carbocycles. The van der Waals surface area contributed by atoms with Crippen molar-refractivity contribution in [1.29, 1.82) is 0 Å². The molecular weight excluding hydrogens is 567 g/mol. The number of amides is 3. The van der Waals surface area contributed by atoms with E-state index in [2.05, 4.69) is 15.6 Å². The van der Waals surface area contributed by atoms with E-state index in [4.69, 9.17) is 4.74 Å². The summed E-state index contributed by atoms with van der Waals surface area (Å²) >= 11 is 1.14. The highest BCUT2D eigenvalue weighted by atomic mass is 32.2. The molecule has 224 valence electrons. The number of carbonyl (C=O) groups excluding carboxylic acids is 3. The summed E-state index contributed by atoms with van der Waals surface area (Å²) in [7, 11) is 1.55. The number of ether oxygens (including phenoxy) is 1. The number of fused-ring (bicyclic) bond motifs is 1. The van der Waals surface area contributed by atoms with Crippen molar-refractivity contribution in [1.82, 2.24) is 10.3 Å². The lowest BCUT2D eigenvalue weighted by atomic mass is 9.94. The third kappa shape index (κ3) is 7.56. The second-order valence-electron chi connectivity index (χ2n) is 10.5. The Kier molecular flexibility index (Phi) is 9.99. The number of rotatable bonds is 11. The van der Waals surface area contributed by atoms with Gasteiger partial charge < -0.3 is 20.4 Å². The van der Waals surface area contributed by atoms with E-state index in [-0.39, 0.29) is 35.3 Å². The van der Waals surface area contributed by atoms with E-state index in [9.17, 15) is 18.8 Å². The molecule has 5 rings (SSSR count). The first-order valence-corrected chi connectivity index (χ1v) is 15.5. The van der Waals surface area contributed by atoms with E-state index in [1.807, 2.05) is 24.3 Å². The molecule has 1 heterocycles. The van der Waals surface area contributed by atoms with Gasteiger partial charge in [0.1, 0.15) is 17.6 Å². The van der Waals surface area contributed by atoms with Crippen LogP contribution in [-0.2, 0) is 14.4 Å². The molecule has 4 aromatic rings. The van der Waals surface area contributed by atoms with E-state index in [1.165, 1.54) is 29.2 Å². The van der Waals surface area contributed by atoms with Gasteiger partial charge in [0.2, 0.25) is 17.7 Å². The summed E-state index contributed by atoms with van der Waals surface area (Å²) in [6.07, 6.45) is 6.85. The number of thioether (sulfide) groups is 1. The number of hydrogen-bond acceptors (Lipinski definition) is 5. The number of nitrogens with zero attached hydrogens (tertiary/aromatic N) is 1. The van der Waals surface area contributed by atoms with Gasteiger partial charge in [0.25, 0.3) is 0 Å². The van der Waals surface area contributed by atoms with Crippen molar-refractivity contribution in [2.75, 3.05) is 28.8 Å². The van der Waals surface area contributed by atoms with Gasteiger partial charge in [-0.15, -0.1) is 11.8 Å². The van der Waals surface area contributed by atoms with Crippen LogP contribution in [0.1, 0.15) is 43.7 Å². The van der Waals surface area contributed by atoms with Crippen molar-refractivity contribution < 1.29 is 23.5 Å². The number of aromatic nitrogens is 1. The molecule has 0 aliphatic heterocycles. The highest BCUT2D eigenvalue weighted by Gasteiger charge is 2.35. The second-order valence-corrected chi connectivity index (χ2v) is 11.5. The number of carbonyl (C=O) groups is 3. The van der Waals surface area contributed by atoms with Gasteiger partial charge in [-0.2, -0.15) is 0 Å². The summed E-state index contributed by atoms with van der Waals surface area (Å²) in [4.78, 5) is 45.6. The van der Waals surface area contributed by atoms with Crippen LogP contribution in [0.4, 0.5) is 15.8 Å². The zero-order valence-corrected chi connectivity index (χ0v) is 24.8. The normalized spacial score (nSPS) is 14.2. The molecule has 0 bridgehead atoms. The molecule has 1 fully saturated rings. The molecule has 1 unspecified atom stereocenters. The monoisotopic (exact) mass is 602 g/mol. The number of nitrogens with one attached hydrogen (secondary N) is 3. The van der Waals surface area contributed by atoms with Gasteiger partial charge in [0.05, 0.1) is 18.6 Å². The fourth-order valence-corrected chi connectivity index (χ4v) is 6.15. The first kappa shape index (κ1) is 30.2. The summed E-state index contributed by atoms with van der Waals surface area (Å²) in [6.45, 7) is 0. The van der Waals surface area contributed by atoms with E-state index in [0.29, 0.717) is 22.7 Å². The Labute approximate surface area is 254 Å². The summed E-state index contributed by atoms with van der Waals surface area (Å²) in [5.41, 5.74) is 2.52. The molecule has 1 atom stereocenters. The van der Waals surface area contributed by atoms with Crippen LogP contribution in [0.3, 0.4) is 0 Å². The minimum Gasteiger partial charge on any atom is -0.497 e. The highest BCUT2D eigenvalue weighted by Crippen LogP contribution is 2.35. The molecule has 0 radical (unpaired) electrons. The van der Waals surface area contributed by atoms with Gasteiger partial charge in [0, 0.05) is 46.1 Å². The van der Waals surface area contributed by atoms with E-state index < -0.39 is 11.9 Å². The predicted molar refractivity (Wildman–Crippen MR) is 169 cm³/mol. The molecule has 1 aliphatic rings. The zero-order chi connectivity index (χ0) is 30.2. The van der Waals surface area contributed by atoms with Crippen LogP contribution in [-0.4, -0.2) is 47.4 Å². The lowest BCUT2D eigenvalue weighted by molar-refractivity contribution is -0.126. The zero-order valence-electron chi connectivity index (χ0n) is 24.0. The maximum atomic E-state index is 14.2. The molecule has 0 saturated heterocycles. The highest BCUT2D eigenvalue weighted by molar-refractivity contribution is 8.00. The van der Waals surface area contributed by atoms with Crippen molar-refractivity contribution >= 4 is 51.8 Å². The van der Waals surface area contributed by atoms with Crippen LogP contribution in [0.25, 0.3) is 10.9 Å². The summed E-state index contributed by atoms with van der Waals surface area (Å²) in [5.74, 6) is -0.806. The van der Waals surface area contributed by atoms with Crippen molar-refractivity contribution in [3.05, 3.63) is 90.4 Å². The Balaban J connectivity index is 1.44. The molecule has 3 N–H and O–H groups in total. The van der Waals surface area contributed by atoms with Gasteiger partial charge in [-0.1, -0.05) is 43.5 Å². The minimum atomic E-state index is -0.966. The number of anilines is 2. The predicted octanol–water partition coefficient (Wildman–Crippen LogP) is 6.21. The second kappa shape index (κ2) is 14.2. The number of aromatic amines is 1. The summed E-state index contributed by atoms with van der Waals surface area (Å²) in [5, 5.41) is 6.79. The summed E-state index contributed by atoms with van der Waals surface area (Å²) in [6, 6.07) is 19.3. The molecule has 10 heteroatoms. The van der Waals surface area contributed by atoms with Gasteiger partial charge in [0.15, 0.2) is 0 Å². The Morgan fingerprint density at radius 2 is 1.77 bits per heavy atom. The standard InChI is InChI=1S/C33H35FN4O4S/c1-42-26-11-7-10-25(18-26)38(31(40)21-43-20-30(39)36-24-16-14-22(34)15-17-24)32(33(41)37-23-8-3-2-4-9-23)28-19-35-29-13-6-5-12-27(28)29/h5-7,10-19,23,32,35H,2-4,8-9,20-21H2,1H3,(H,36,39)(H,37,41). The number of H-pyrrole nitrogens is 1. The average Bonchev–Trinajstić information content (AvgIpc) is 3.45. The number of para-hydroxylation sites is 1. The number of benzene rings is 3. The van der Waals surface area contributed by atoms with Crippen molar-refractivity contribution in [3.8, 4) is 5.75 Å². The van der Waals surface area contributed by atoms with Gasteiger partial charge in [-0.3, -0.25) is 19.3 Å². The number of methoxy groups -OCH3 is 1. The van der Waals surface area contributed by atoms with Crippen LogP contribution in [0.2, 0.25) is 0 Å². The van der Waals surface area contributed by atoms with E-state index >= 15 is 0 Å². The summed E-state index contributed by atoms with van der Waals surface area (Å²) < 4.78 is 18.7. The molecular formula is C33H35FN4O4S. The van der Waals surface area contributed by atoms with Gasteiger partial charge in [-0.25, -0.2) is 4.39 Å². The van der Waals surface area contributed by atoms with Crippen molar-refractivity contribution in [3.63, 3.8) is 0 Å². The van der Waals surface area contributed by atoms with Crippen molar-refractivity contribution in [2.24, 2.45) is 0 Å². The van der Waals surface area contributed by atoms with Gasteiger partial charge in [-0.05, 0) is 55.3 Å². The van der Waals surface area contributed by atoms with E-state index in [1.54, 1.807) is 37.6 Å². The van der Waals surface area contributed by atoms with Crippen LogP contribution < -0.4 is 20.3 Å². The lowest BCUT2D eigenvalue weighted by Gasteiger charge is -2.33. The fourth-order valence-electron chi connectivity index (χ4n) is 5.47. The molecule has 0 spiro atoms. The third-order valence-electron chi connectivity index (χ3n) is 7.56. The minimum absolute atomic E-state index is 0.00108. The Bertz CT molecular complexity index is 1570. The molecule has 43 heavy (non-hydrogen) atoms. The molecule has 3 aromatic carbocycles. The smallest absolute Gasteiger partial charge is 0.248 e. The topological polar surface area (TPSA) is 104 Å². The van der Waals surface area contributed by atoms with Crippen LogP contribution >= 0.6 is 11.8 Å². The Hall–Kier alpha value is -4.31. The maximum Gasteiger partial charge on any atom is 0.248 e. The Morgan fingerprint density at radius 3 is 2.53 bits per heavy atom. The fraction of sp³-hybridized carbons (Fsp3) is 0.303. The number of hydrogen-bond donors (Lipinski definition) is 3. The average molecular weight is 603 g/mol. The van der Waals surface area contributed by atoms with Crippen LogP contribution in [0, 0.1) is 5.82 Å². The lowest BCUT2D eigenvalue weighted by Crippen LogP contribution is -2.47. The molecule has 3 amide bonds. The quantitative estimate of drug-likeness (QED) is 0.189. The molecule has 1 aromatic heterocycles. The van der Waals surface area contributed by atoms with Gasteiger partial charge >= 0.3 is 0 Å². The van der Waals surface area contributed by atoms with Crippen molar-refractivity contribution in [2.45, 2.75) is 44.2 Å². The van der Waals surface area contributed by atoms with Crippen LogP contribution in [0.5, 0.6) is 5.75 Å². The third-order valence-corrected chi connectivity index (χ3v) is 8.48. The maximum absolute atomic E-state index is 14.2. The first-order chi connectivity index (χ1) is 20.9. The number of halogens is 1. The largest absolute Gasteiger partial charge is 0.497 e. The molecule has 8 nitrogen and oxygen atoms in total.